The van der Waals surface area contributed by atoms with Crippen molar-refractivity contribution in [2.24, 2.45) is 5.92 Å². The fourth-order valence-electron chi connectivity index (χ4n) is 2.65. The largest absolute Gasteiger partial charge is 0.354 e. The van der Waals surface area contributed by atoms with Crippen LogP contribution < -0.4 is 5.32 Å². The number of nitrogens with zero attached hydrogens (tertiary/aromatic N) is 1. The van der Waals surface area contributed by atoms with E-state index in [2.05, 4.69) is 19.2 Å². The molecular weight excluding hydrogens is 288 g/mol. The van der Waals surface area contributed by atoms with E-state index >= 15 is 0 Å². The molecule has 4 heteroatoms. The van der Waals surface area contributed by atoms with Crippen molar-refractivity contribution in [3.05, 3.63) is 42.0 Å². The first-order chi connectivity index (χ1) is 10.9. The van der Waals surface area contributed by atoms with Gasteiger partial charge >= 0.3 is 0 Å². The monoisotopic (exact) mass is 314 g/mol. The third-order valence-electron chi connectivity index (χ3n) is 4.28. The van der Waals surface area contributed by atoms with Gasteiger partial charge in [0.25, 0.3) is 0 Å². The predicted molar refractivity (Wildman–Crippen MR) is 92.7 cm³/mol. The molecule has 124 valence electrons. The van der Waals surface area contributed by atoms with Crippen LogP contribution in [0.2, 0.25) is 0 Å². The van der Waals surface area contributed by atoms with Crippen molar-refractivity contribution in [3.63, 3.8) is 0 Å². The molecule has 1 N–H and O–H groups in total. The quantitative estimate of drug-likeness (QED) is 0.878. The summed E-state index contributed by atoms with van der Waals surface area (Å²) in [6.07, 6.45) is 4.85. The van der Waals surface area contributed by atoms with Gasteiger partial charge in [-0.25, -0.2) is 0 Å². The minimum absolute atomic E-state index is 0.00521. The number of hydrogen-bond donors (Lipinski definition) is 1. The minimum Gasteiger partial charge on any atom is -0.354 e. The van der Waals surface area contributed by atoms with Crippen molar-refractivity contribution in [1.82, 2.24) is 10.2 Å². The van der Waals surface area contributed by atoms with Gasteiger partial charge in [-0.15, -0.1) is 0 Å². The van der Waals surface area contributed by atoms with Crippen LogP contribution in [0.3, 0.4) is 0 Å². The number of carbonyl (C=O) groups excluding carboxylic acids is 2. The van der Waals surface area contributed by atoms with Crippen molar-refractivity contribution >= 4 is 17.9 Å². The van der Waals surface area contributed by atoms with E-state index in [1.807, 2.05) is 49.4 Å². The summed E-state index contributed by atoms with van der Waals surface area (Å²) in [5.74, 6) is 0.365. The Morgan fingerprint density at radius 2 is 2.00 bits per heavy atom. The van der Waals surface area contributed by atoms with Gasteiger partial charge in [0, 0.05) is 19.5 Å². The van der Waals surface area contributed by atoms with Crippen LogP contribution in [0, 0.1) is 5.92 Å². The summed E-state index contributed by atoms with van der Waals surface area (Å²) in [4.78, 5) is 26.4. The summed E-state index contributed by atoms with van der Waals surface area (Å²) in [5, 5.41) is 2.94. The summed E-state index contributed by atoms with van der Waals surface area (Å²) >= 11 is 0. The summed E-state index contributed by atoms with van der Waals surface area (Å²) < 4.78 is 0. The zero-order valence-electron chi connectivity index (χ0n) is 14.2. The maximum atomic E-state index is 12.4. The highest BCUT2D eigenvalue weighted by molar-refractivity contribution is 5.93. The van der Waals surface area contributed by atoms with Gasteiger partial charge in [-0.3, -0.25) is 9.59 Å². The molecule has 0 bridgehead atoms. The third kappa shape index (κ3) is 4.21. The van der Waals surface area contributed by atoms with E-state index < -0.39 is 5.54 Å². The first-order valence-electron chi connectivity index (χ1n) is 8.24. The Kier molecular flexibility index (Phi) is 5.59. The Morgan fingerprint density at radius 1 is 1.30 bits per heavy atom. The highest BCUT2D eigenvalue weighted by Crippen LogP contribution is 2.31. The highest BCUT2D eigenvalue weighted by atomic mass is 16.2. The highest BCUT2D eigenvalue weighted by Gasteiger charge is 2.48. The van der Waals surface area contributed by atoms with Gasteiger partial charge in [-0.2, -0.15) is 0 Å². The minimum atomic E-state index is -0.688. The van der Waals surface area contributed by atoms with E-state index in [-0.39, 0.29) is 11.8 Å². The van der Waals surface area contributed by atoms with Gasteiger partial charge in [0.2, 0.25) is 11.8 Å². The number of carbonyl (C=O) groups is 2. The number of likely N-dealkylation sites (tertiary alicyclic amines) is 1. The van der Waals surface area contributed by atoms with Crippen LogP contribution in [-0.4, -0.2) is 35.3 Å². The molecule has 1 atom stereocenters. The molecule has 0 aliphatic carbocycles. The van der Waals surface area contributed by atoms with E-state index in [1.54, 1.807) is 4.90 Å². The van der Waals surface area contributed by atoms with E-state index in [1.165, 1.54) is 0 Å². The molecule has 1 unspecified atom stereocenters. The lowest BCUT2D eigenvalue weighted by Crippen LogP contribution is -2.67. The fourth-order valence-corrected chi connectivity index (χ4v) is 2.65. The lowest BCUT2D eigenvalue weighted by Gasteiger charge is -2.49. The number of rotatable bonds is 6. The molecule has 23 heavy (non-hydrogen) atoms. The molecule has 0 spiro atoms. The first-order valence-corrected chi connectivity index (χ1v) is 8.24. The van der Waals surface area contributed by atoms with Crippen molar-refractivity contribution in [2.45, 2.75) is 39.2 Å². The Hall–Kier alpha value is -2.10. The first kappa shape index (κ1) is 17.3. The molecule has 4 nitrogen and oxygen atoms in total. The summed E-state index contributed by atoms with van der Waals surface area (Å²) in [5.41, 5.74) is 0.383. The molecule has 1 heterocycles. The third-order valence-corrected chi connectivity index (χ3v) is 4.28. The molecule has 1 aliphatic heterocycles. The standard InChI is InChI=1S/C19H26N2O2/c1-15(2)14-20-18(23)19(3)12-13-21(19)17(22)11-7-10-16-8-5-4-6-9-16/h4-10,15H,11-14H2,1-3H3,(H,20,23)/b10-7+. The van der Waals surface area contributed by atoms with Crippen LogP contribution in [-0.2, 0) is 9.59 Å². The summed E-state index contributed by atoms with van der Waals surface area (Å²) in [6.45, 7) is 7.26. The molecule has 1 fully saturated rings. The summed E-state index contributed by atoms with van der Waals surface area (Å²) in [6, 6.07) is 9.88. The van der Waals surface area contributed by atoms with Gasteiger partial charge in [0.1, 0.15) is 5.54 Å². The number of nitrogens with one attached hydrogen (secondary N) is 1. The van der Waals surface area contributed by atoms with Gasteiger partial charge in [0.15, 0.2) is 0 Å². The van der Waals surface area contributed by atoms with Crippen LogP contribution in [0.1, 0.15) is 39.2 Å². The molecule has 1 saturated heterocycles. The average molecular weight is 314 g/mol. The van der Waals surface area contributed by atoms with Crippen LogP contribution in [0.15, 0.2) is 36.4 Å². The molecule has 2 amide bonds. The molecular formula is C19H26N2O2. The molecule has 1 aromatic rings. The van der Waals surface area contributed by atoms with Crippen molar-refractivity contribution in [2.75, 3.05) is 13.1 Å². The van der Waals surface area contributed by atoms with Crippen molar-refractivity contribution < 1.29 is 9.59 Å². The number of hydrogen-bond acceptors (Lipinski definition) is 2. The summed E-state index contributed by atoms with van der Waals surface area (Å²) in [7, 11) is 0. The van der Waals surface area contributed by atoms with E-state index in [0.717, 1.165) is 12.0 Å². The second kappa shape index (κ2) is 7.44. The van der Waals surface area contributed by atoms with Gasteiger partial charge in [0.05, 0.1) is 0 Å². The smallest absolute Gasteiger partial charge is 0.245 e. The van der Waals surface area contributed by atoms with Crippen LogP contribution >= 0.6 is 0 Å². The Labute approximate surface area is 138 Å². The normalized spacial score (nSPS) is 20.6. The van der Waals surface area contributed by atoms with Crippen molar-refractivity contribution in [3.8, 4) is 0 Å². The Morgan fingerprint density at radius 3 is 2.57 bits per heavy atom. The predicted octanol–water partition coefficient (Wildman–Crippen LogP) is 2.85. The van der Waals surface area contributed by atoms with Crippen molar-refractivity contribution in [1.29, 1.82) is 0 Å². The number of benzene rings is 1. The lowest BCUT2D eigenvalue weighted by atomic mass is 9.85. The van der Waals surface area contributed by atoms with Crippen LogP contribution in [0.25, 0.3) is 6.08 Å². The molecule has 0 radical (unpaired) electrons. The second-order valence-electron chi connectivity index (χ2n) is 6.69. The van der Waals surface area contributed by atoms with E-state index in [4.69, 9.17) is 0 Å². The van der Waals surface area contributed by atoms with E-state index in [0.29, 0.717) is 25.4 Å². The zero-order valence-corrected chi connectivity index (χ0v) is 14.2. The van der Waals surface area contributed by atoms with Gasteiger partial charge in [-0.05, 0) is 24.8 Å². The SMILES string of the molecule is CC(C)CNC(=O)C1(C)CCN1C(=O)C/C=C/c1ccccc1. The molecule has 1 aliphatic rings. The second-order valence-corrected chi connectivity index (χ2v) is 6.69. The Balaban J connectivity index is 1.89. The zero-order chi connectivity index (χ0) is 16.9. The van der Waals surface area contributed by atoms with Crippen LogP contribution in [0.5, 0.6) is 0 Å². The molecule has 0 saturated carbocycles. The Bertz CT molecular complexity index is 580. The molecule has 1 aromatic carbocycles. The average Bonchev–Trinajstić information content (AvgIpc) is 2.51. The van der Waals surface area contributed by atoms with Gasteiger partial charge in [-0.1, -0.05) is 56.3 Å². The van der Waals surface area contributed by atoms with E-state index in [9.17, 15) is 9.59 Å². The maximum absolute atomic E-state index is 12.4. The fraction of sp³-hybridized carbons (Fsp3) is 0.474. The molecule has 0 aromatic heterocycles. The topological polar surface area (TPSA) is 49.4 Å². The maximum Gasteiger partial charge on any atom is 0.245 e. The molecule has 2 rings (SSSR count). The lowest BCUT2D eigenvalue weighted by molar-refractivity contribution is -0.156. The van der Waals surface area contributed by atoms with Gasteiger partial charge < -0.3 is 10.2 Å². The number of amides is 2. The van der Waals surface area contributed by atoms with Crippen LogP contribution in [0.4, 0.5) is 0 Å².